The molecule has 0 saturated heterocycles. The monoisotopic (exact) mass is 387 g/mol. The molecule has 2 aromatic carbocycles. The van der Waals surface area contributed by atoms with Crippen LogP contribution < -0.4 is 10.7 Å². The summed E-state index contributed by atoms with van der Waals surface area (Å²) in [6.07, 6.45) is 0. The summed E-state index contributed by atoms with van der Waals surface area (Å²) in [5.41, 5.74) is 5.70. The third kappa shape index (κ3) is 5.03. The van der Waals surface area contributed by atoms with Crippen molar-refractivity contribution in [3.63, 3.8) is 0 Å². The Balaban J connectivity index is 1.87. The summed E-state index contributed by atoms with van der Waals surface area (Å²) in [7, 11) is 0. The predicted molar refractivity (Wildman–Crippen MR) is 98.0 cm³/mol. The van der Waals surface area contributed by atoms with E-state index in [1.165, 1.54) is 0 Å². The molecule has 0 heterocycles. The first kappa shape index (κ1) is 17.9. The van der Waals surface area contributed by atoms with Crippen LogP contribution in [0.15, 0.2) is 58.1 Å². The minimum absolute atomic E-state index is 0.148. The number of carbonyl (C=O) groups excluding carboxylic acids is 2. The molecule has 0 unspecified atom stereocenters. The lowest BCUT2D eigenvalue weighted by Gasteiger charge is -2.06. The number of hydrazone groups is 1. The largest absolute Gasteiger partial charge is 0.343 e. The molecular formula is C18H18BrN3O2. The molecule has 0 atom stereocenters. The first-order valence-corrected chi connectivity index (χ1v) is 8.19. The van der Waals surface area contributed by atoms with Gasteiger partial charge in [-0.25, -0.2) is 5.43 Å². The van der Waals surface area contributed by atoms with Crippen LogP contribution in [0.1, 0.15) is 28.4 Å². The second-order valence-corrected chi connectivity index (χ2v) is 6.12. The van der Waals surface area contributed by atoms with Crippen LogP contribution in [-0.4, -0.2) is 24.1 Å². The minimum atomic E-state index is -0.387. The van der Waals surface area contributed by atoms with Crippen LogP contribution in [0.4, 0.5) is 0 Å². The molecule has 0 saturated carbocycles. The zero-order valence-corrected chi connectivity index (χ0v) is 15.1. The number of hydrogen-bond donors (Lipinski definition) is 2. The summed E-state index contributed by atoms with van der Waals surface area (Å²) >= 11 is 3.30. The smallest absolute Gasteiger partial charge is 0.259 e. The number of halogens is 1. The van der Waals surface area contributed by atoms with Crippen molar-refractivity contribution in [2.45, 2.75) is 13.8 Å². The predicted octanol–water partition coefficient (Wildman–Crippen LogP) is 3.03. The molecule has 0 spiro atoms. The van der Waals surface area contributed by atoms with Gasteiger partial charge in [-0.15, -0.1) is 0 Å². The summed E-state index contributed by atoms with van der Waals surface area (Å²) < 4.78 is 0.677. The molecule has 24 heavy (non-hydrogen) atoms. The third-order valence-electron chi connectivity index (χ3n) is 3.35. The first-order chi connectivity index (χ1) is 11.5. The maximum Gasteiger partial charge on any atom is 0.259 e. The van der Waals surface area contributed by atoms with E-state index in [1.54, 1.807) is 18.2 Å². The lowest BCUT2D eigenvalue weighted by molar-refractivity contribution is -0.120. The van der Waals surface area contributed by atoms with E-state index in [0.717, 1.165) is 11.1 Å². The lowest BCUT2D eigenvalue weighted by atomic mass is 10.1. The van der Waals surface area contributed by atoms with Crippen LogP contribution in [0.25, 0.3) is 0 Å². The Hall–Kier alpha value is -2.47. The zero-order valence-electron chi connectivity index (χ0n) is 13.5. The van der Waals surface area contributed by atoms with Crippen molar-refractivity contribution >= 4 is 33.5 Å². The molecule has 6 heteroatoms. The average Bonchev–Trinajstić information content (AvgIpc) is 2.58. The topological polar surface area (TPSA) is 70.6 Å². The number of nitrogens with zero attached hydrogens (tertiary/aromatic N) is 1. The van der Waals surface area contributed by atoms with E-state index >= 15 is 0 Å². The van der Waals surface area contributed by atoms with Gasteiger partial charge in [0.2, 0.25) is 0 Å². The first-order valence-electron chi connectivity index (χ1n) is 7.40. The van der Waals surface area contributed by atoms with Crippen LogP contribution in [0.5, 0.6) is 0 Å². The highest BCUT2D eigenvalue weighted by atomic mass is 79.9. The van der Waals surface area contributed by atoms with E-state index in [-0.39, 0.29) is 18.4 Å². The number of rotatable bonds is 5. The fourth-order valence-electron chi connectivity index (χ4n) is 1.95. The van der Waals surface area contributed by atoms with Gasteiger partial charge in [-0.1, -0.05) is 42.0 Å². The summed E-state index contributed by atoms with van der Waals surface area (Å²) in [4.78, 5) is 23.8. The minimum Gasteiger partial charge on any atom is -0.343 e. The molecule has 2 amide bonds. The van der Waals surface area contributed by atoms with Gasteiger partial charge in [0.15, 0.2) is 0 Å². The van der Waals surface area contributed by atoms with Gasteiger partial charge in [-0.05, 0) is 47.5 Å². The maximum absolute atomic E-state index is 12.0. The van der Waals surface area contributed by atoms with Crippen molar-refractivity contribution in [3.05, 3.63) is 69.7 Å². The van der Waals surface area contributed by atoms with Crippen LogP contribution >= 0.6 is 15.9 Å². The highest BCUT2D eigenvalue weighted by Gasteiger charge is 2.10. The molecule has 0 bridgehead atoms. The van der Waals surface area contributed by atoms with Crippen LogP contribution in [-0.2, 0) is 4.79 Å². The van der Waals surface area contributed by atoms with Crippen molar-refractivity contribution in [1.29, 1.82) is 0 Å². The number of benzene rings is 2. The Morgan fingerprint density at radius 1 is 1.08 bits per heavy atom. The second-order valence-electron chi connectivity index (χ2n) is 5.26. The molecular weight excluding hydrogens is 370 g/mol. The van der Waals surface area contributed by atoms with Crippen molar-refractivity contribution in [2.24, 2.45) is 5.10 Å². The van der Waals surface area contributed by atoms with E-state index in [0.29, 0.717) is 15.7 Å². The van der Waals surface area contributed by atoms with Gasteiger partial charge in [0.25, 0.3) is 11.8 Å². The third-order valence-corrected chi connectivity index (χ3v) is 4.04. The molecule has 0 radical (unpaired) electrons. The fraction of sp³-hybridized carbons (Fsp3) is 0.167. The number of amides is 2. The average molecular weight is 388 g/mol. The molecule has 0 aliphatic rings. The Labute approximate surface area is 149 Å². The second kappa shape index (κ2) is 8.40. The molecule has 124 valence electrons. The zero-order chi connectivity index (χ0) is 17.5. The van der Waals surface area contributed by atoms with E-state index in [2.05, 4.69) is 31.8 Å². The van der Waals surface area contributed by atoms with E-state index < -0.39 is 0 Å². The molecule has 0 aromatic heterocycles. The Morgan fingerprint density at radius 2 is 1.75 bits per heavy atom. The van der Waals surface area contributed by atoms with Gasteiger partial charge in [-0.2, -0.15) is 5.10 Å². The fourth-order valence-corrected chi connectivity index (χ4v) is 2.41. The number of aryl methyl sites for hydroxylation is 1. The Kier molecular flexibility index (Phi) is 6.26. The van der Waals surface area contributed by atoms with Crippen LogP contribution in [0.2, 0.25) is 0 Å². The molecule has 5 nitrogen and oxygen atoms in total. The summed E-state index contributed by atoms with van der Waals surface area (Å²) in [5, 5.41) is 6.61. The van der Waals surface area contributed by atoms with Gasteiger partial charge in [0.05, 0.1) is 17.8 Å². The van der Waals surface area contributed by atoms with Crippen LogP contribution in [0.3, 0.4) is 0 Å². The summed E-state index contributed by atoms with van der Waals surface area (Å²) in [5.74, 6) is -0.710. The van der Waals surface area contributed by atoms with E-state index in [9.17, 15) is 9.59 Å². The van der Waals surface area contributed by atoms with Crippen molar-refractivity contribution in [1.82, 2.24) is 10.7 Å². The molecule has 0 aliphatic carbocycles. The molecule has 0 aliphatic heterocycles. The van der Waals surface area contributed by atoms with Gasteiger partial charge < -0.3 is 5.32 Å². The van der Waals surface area contributed by atoms with Crippen molar-refractivity contribution in [3.8, 4) is 0 Å². The van der Waals surface area contributed by atoms with Gasteiger partial charge >= 0.3 is 0 Å². The van der Waals surface area contributed by atoms with Crippen LogP contribution in [0, 0.1) is 6.92 Å². The van der Waals surface area contributed by atoms with Crippen molar-refractivity contribution < 1.29 is 9.59 Å². The van der Waals surface area contributed by atoms with Gasteiger partial charge in [0, 0.05) is 4.47 Å². The van der Waals surface area contributed by atoms with E-state index in [1.807, 2.05) is 44.2 Å². The van der Waals surface area contributed by atoms with Crippen molar-refractivity contribution in [2.75, 3.05) is 6.54 Å². The molecule has 2 N–H and O–H groups in total. The summed E-state index contributed by atoms with van der Waals surface area (Å²) in [6, 6.07) is 14.9. The highest BCUT2D eigenvalue weighted by molar-refractivity contribution is 9.10. The maximum atomic E-state index is 12.0. The number of nitrogens with one attached hydrogen (secondary N) is 2. The number of carbonyl (C=O) groups is 2. The molecule has 2 aromatic rings. The standard InChI is InChI=1S/C18H18BrN3O2/c1-12-7-9-14(10-8-12)13(2)21-22-17(23)11-20-18(24)15-5-3-4-6-16(15)19/h3-10H,11H2,1-2H3,(H,20,24)(H,22,23)/b21-13-. The normalized spacial score (nSPS) is 11.0. The van der Waals surface area contributed by atoms with Gasteiger partial charge in [0.1, 0.15) is 0 Å². The van der Waals surface area contributed by atoms with E-state index in [4.69, 9.17) is 0 Å². The summed E-state index contributed by atoms with van der Waals surface area (Å²) in [6.45, 7) is 3.67. The Bertz CT molecular complexity index is 770. The highest BCUT2D eigenvalue weighted by Crippen LogP contribution is 2.15. The van der Waals surface area contributed by atoms with Gasteiger partial charge in [-0.3, -0.25) is 9.59 Å². The SMILES string of the molecule is C/C(=N/NC(=O)CNC(=O)c1ccccc1Br)c1ccc(C)cc1. The lowest BCUT2D eigenvalue weighted by Crippen LogP contribution is -2.35. The molecule has 2 rings (SSSR count). The molecule has 0 fully saturated rings. The Morgan fingerprint density at radius 3 is 2.42 bits per heavy atom. The quantitative estimate of drug-likeness (QED) is 0.611. The number of hydrogen-bond acceptors (Lipinski definition) is 3.